The van der Waals surface area contributed by atoms with Gasteiger partial charge in [-0.15, -0.1) is 0 Å². The van der Waals surface area contributed by atoms with Crippen molar-refractivity contribution >= 4 is 35.2 Å². The van der Waals surface area contributed by atoms with E-state index in [-0.39, 0.29) is 11.5 Å². The van der Waals surface area contributed by atoms with E-state index in [0.29, 0.717) is 22.0 Å². The first-order chi connectivity index (χ1) is 15.7. The zero-order valence-electron chi connectivity index (χ0n) is 19.3. The molecule has 0 spiro atoms. The van der Waals surface area contributed by atoms with Crippen LogP contribution in [0.2, 0.25) is 5.02 Å². The molecule has 4 rings (SSSR count). The lowest BCUT2D eigenvalue weighted by Crippen LogP contribution is -2.24. The number of esters is 1. The van der Waals surface area contributed by atoms with Crippen LogP contribution < -0.4 is 4.90 Å². The lowest BCUT2D eigenvalue weighted by atomic mass is 10.0. The van der Waals surface area contributed by atoms with Gasteiger partial charge in [0.25, 0.3) is 5.91 Å². The zero-order chi connectivity index (χ0) is 23.9. The highest BCUT2D eigenvalue weighted by molar-refractivity contribution is 6.30. The van der Waals surface area contributed by atoms with Gasteiger partial charge in [-0.05, 0) is 81.8 Å². The first-order valence-electron chi connectivity index (χ1n) is 10.6. The van der Waals surface area contributed by atoms with Crippen molar-refractivity contribution in [1.29, 1.82) is 0 Å². The predicted octanol–water partition coefficient (Wildman–Crippen LogP) is 5.93. The van der Waals surface area contributed by atoms with Crippen LogP contribution in [0.25, 0.3) is 11.8 Å². The molecule has 1 amide bonds. The smallest absolute Gasteiger partial charge is 0.340 e. The lowest BCUT2D eigenvalue weighted by Gasteiger charge is -2.17. The summed E-state index contributed by atoms with van der Waals surface area (Å²) in [4.78, 5) is 27.7. The van der Waals surface area contributed by atoms with E-state index in [1.807, 2.05) is 19.9 Å². The van der Waals surface area contributed by atoms with Crippen LogP contribution in [-0.4, -0.2) is 23.6 Å². The number of amides is 1. The summed E-state index contributed by atoms with van der Waals surface area (Å²) in [6, 6.07) is 17.2. The molecule has 0 saturated carbocycles. The third kappa shape index (κ3) is 4.00. The summed E-state index contributed by atoms with van der Waals surface area (Å²) >= 11 is 6.02. The number of hydrogen-bond donors (Lipinski definition) is 0. The number of anilines is 1. The predicted molar refractivity (Wildman–Crippen MR) is 132 cm³/mol. The number of allylic oxidation sites excluding steroid dienone is 1. The van der Waals surface area contributed by atoms with Gasteiger partial charge in [0.15, 0.2) is 0 Å². The number of halogens is 1. The molecule has 0 radical (unpaired) electrons. The molecule has 33 heavy (non-hydrogen) atoms. The van der Waals surface area contributed by atoms with Crippen LogP contribution in [0.3, 0.4) is 0 Å². The van der Waals surface area contributed by atoms with Crippen molar-refractivity contribution in [1.82, 2.24) is 4.57 Å². The molecule has 6 heteroatoms. The number of hydrogen-bond acceptors (Lipinski definition) is 3. The van der Waals surface area contributed by atoms with Crippen molar-refractivity contribution in [3.63, 3.8) is 0 Å². The molecule has 2 heterocycles. The molecular weight excluding hydrogens is 436 g/mol. The number of methoxy groups -OCH3 is 1. The van der Waals surface area contributed by atoms with Crippen molar-refractivity contribution in [2.45, 2.75) is 27.7 Å². The van der Waals surface area contributed by atoms with Crippen molar-refractivity contribution in [2.75, 3.05) is 12.0 Å². The summed E-state index contributed by atoms with van der Waals surface area (Å²) in [5.74, 6) is -0.828. The highest BCUT2D eigenvalue weighted by atomic mass is 35.5. The molecule has 1 aliphatic rings. The number of ether oxygens (including phenoxy) is 1. The van der Waals surface area contributed by atoms with Crippen LogP contribution in [0.4, 0.5) is 5.69 Å². The number of aromatic nitrogens is 1. The molecular formula is C27H25ClN2O3. The van der Waals surface area contributed by atoms with E-state index in [0.717, 1.165) is 22.6 Å². The Morgan fingerprint density at radius 3 is 2.15 bits per heavy atom. The van der Waals surface area contributed by atoms with E-state index in [4.69, 9.17) is 16.3 Å². The Balaban J connectivity index is 1.84. The van der Waals surface area contributed by atoms with Gasteiger partial charge in [-0.1, -0.05) is 29.3 Å². The number of benzene rings is 2. The number of carbonyl (C=O) groups is 2. The van der Waals surface area contributed by atoms with Crippen molar-refractivity contribution < 1.29 is 14.3 Å². The lowest BCUT2D eigenvalue weighted by molar-refractivity contribution is -0.136. The van der Waals surface area contributed by atoms with Crippen molar-refractivity contribution in [3.05, 3.63) is 99.0 Å². The Morgan fingerprint density at radius 2 is 1.55 bits per heavy atom. The third-order valence-electron chi connectivity index (χ3n) is 5.94. The van der Waals surface area contributed by atoms with E-state index in [9.17, 15) is 9.59 Å². The van der Waals surface area contributed by atoms with Crippen molar-refractivity contribution in [3.8, 4) is 5.69 Å². The van der Waals surface area contributed by atoms with Crippen LogP contribution in [-0.2, 0) is 14.3 Å². The summed E-state index contributed by atoms with van der Waals surface area (Å²) in [7, 11) is 1.32. The zero-order valence-corrected chi connectivity index (χ0v) is 20.0. The number of carbonyl (C=O) groups excluding carboxylic acids is 2. The maximum Gasteiger partial charge on any atom is 0.340 e. The molecule has 3 aromatic rings. The largest absolute Gasteiger partial charge is 0.465 e. The second kappa shape index (κ2) is 8.75. The fraction of sp³-hybridized carbons (Fsp3) is 0.185. The van der Waals surface area contributed by atoms with Crippen LogP contribution in [0.1, 0.15) is 29.4 Å². The van der Waals surface area contributed by atoms with Gasteiger partial charge in [0.1, 0.15) is 0 Å². The molecule has 5 nitrogen and oxygen atoms in total. The van der Waals surface area contributed by atoms with E-state index < -0.39 is 5.97 Å². The molecule has 1 aliphatic heterocycles. The Morgan fingerprint density at radius 1 is 0.939 bits per heavy atom. The highest BCUT2D eigenvalue weighted by Gasteiger charge is 2.38. The average molecular weight is 461 g/mol. The molecule has 0 bridgehead atoms. The number of rotatable bonds is 4. The monoisotopic (exact) mass is 460 g/mol. The maximum atomic E-state index is 13.5. The summed E-state index contributed by atoms with van der Waals surface area (Å²) < 4.78 is 7.16. The normalized spacial score (nSPS) is 15.0. The maximum absolute atomic E-state index is 13.5. The molecule has 0 fully saturated rings. The first kappa shape index (κ1) is 22.6. The number of aryl methyl sites for hydroxylation is 2. The van der Waals surface area contributed by atoms with Crippen LogP contribution in [0.5, 0.6) is 0 Å². The highest BCUT2D eigenvalue weighted by Crippen LogP contribution is 2.36. The van der Waals surface area contributed by atoms with E-state index >= 15 is 0 Å². The molecule has 168 valence electrons. The van der Waals surface area contributed by atoms with Crippen molar-refractivity contribution in [2.24, 2.45) is 0 Å². The molecule has 0 atom stereocenters. The van der Waals surface area contributed by atoms with E-state index in [2.05, 4.69) is 35.8 Å². The van der Waals surface area contributed by atoms with Gasteiger partial charge in [-0.25, -0.2) is 4.79 Å². The minimum atomic E-state index is -0.545. The Hall–Kier alpha value is -3.57. The fourth-order valence-electron chi connectivity index (χ4n) is 4.26. The van der Waals surface area contributed by atoms with Gasteiger partial charge in [-0.2, -0.15) is 0 Å². The molecule has 2 aromatic carbocycles. The molecule has 0 saturated heterocycles. The Bertz CT molecular complexity index is 1310. The van der Waals surface area contributed by atoms with E-state index in [1.54, 1.807) is 37.3 Å². The van der Waals surface area contributed by atoms with Gasteiger partial charge in [0, 0.05) is 33.5 Å². The van der Waals surface area contributed by atoms with Crippen LogP contribution in [0.15, 0.2) is 71.4 Å². The molecule has 1 aromatic heterocycles. The first-order valence-corrected chi connectivity index (χ1v) is 11.0. The van der Waals surface area contributed by atoms with Gasteiger partial charge in [0.05, 0.1) is 18.3 Å². The quantitative estimate of drug-likeness (QED) is 0.358. The van der Waals surface area contributed by atoms with Gasteiger partial charge in [0.2, 0.25) is 0 Å². The topological polar surface area (TPSA) is 51.5 Å². The van der Waals surface area contributed by atoms with Gasteiger partial charge < -0.3 is 9.30 Å². The second-order valence-corrected chi connectivity index (χ2v) is 8.56. The third-order valence-corrected chi connectivity index (χ3v) is 6.19. The average Bonchev–Trinajstić information content (AvgIpc) is 3.21. The number of nitrogens with zero attached hydrogens (tertiary/aromatic N) is 2. The minimum Gasteiger partial charge on any atom is -0.465 e. The molecule has 0 unspecified atom stereocenters. The van der Waals surface area contributed by atoms with Gasteiger partial charge >= 0.3 is 5.97 Å². The standard InChI is InChI=1S/C27H25ClN2O3/c1-16-6-10-22(11-7-16)29-17(2)14-20(18(29)3)15-24-25(27(32)33-5)19(4)30(26(24)31)23-12-8-21(28)9-13-23/h6-15H,1-5H3/b24-15-. The summed E-state index contributed by atoms with van der Waals surface area (Å²) in [5.41, 5.74) is 6.82. The Labute approximate surface area is 198 Å². The second-order valence-electron chi connectivity index (χ2n) is 8.12. The van der Waals surface area contributed by atoms with Crippen LogP contribution >= 0.6 is 11.6 Å². The Kier molecular flexibility index (Phi) is 6.00. The molecule has 0 aliphatic carbocycles. The van der Waals surface area contributed by atoms with E-state index in [1.165, 1.54) is 17.6 Å². The fourth-order valence-corrected chi connectivity index (χ4v) is 4.39. The summed E-state index contributed by atoms with van der Waals surface area (Å²) in [6.07, 6.45) is 1.78. The molecule has 0 N–H and O–H groups in total. The summed E-state index contributed by atoms with van der Waals surface area (Å²) in [5, 5.41) is 0.569. The van der Waals surface area contributed by atoms with Gasteiger partial charge in [-0.3, -0.25) is 9.69 Å². The SMILES string of the molecule is COC(=O)C1=C(C)N(c2ccc(Cl)cc2)C(=O)/C1=C\c1cc(C)n(-c2ccc(C)cc2)c1C. The minimum absolute atomic E-state index is 0.262. The summed E-state index contributed by atoms with van der Waals surface area (Å²) in [6.45, 7) is 7.82. The van der Waals surface area contributed by atoms with Crippen LogP contribution in [0, 0.1) is 20.8 Å².